The highest BCUT2D eigenvalue weighted by atomic mass is 14.8. The predicted octanol–water partition coefficient (Wildman–Crippen LogP) is 0.391. The summed E-state index contributed by atoms with van der Waals surface area (Å²) < 4.78 is 7.15. The Morgan fingerprint density at radius 2 is 2.50 bits per heavy atom. The number of pyridine rings is 1. The van der Waals surface area contributed by atoms with Gasteiger partial charge in [0.2, 0.25) is 0 Å². The Morgan fingerprint density at radius 3 is 3.00 bits per heavy atom. The van der Waals surface area contributed by atoms with E-state index < -0.39 is 0 Å². The van der Waals surface area contributed by atoms with Crippen molar-refractivity contribution in [2.75, 3.05) is 5.73 Å². The molecule has 1 rings (SSSR count). The molecule has 0 unspecified atom stereocenters. The van der Waals surface area contributed by atoms with Crippen LogP contribution in [0.15, 0.2) is 18.3 Å². The first-order valence-electron chi connectivity index (χ1n) is 2.92. The lowest BCUT2D eigenvalue weighted by Gasteiger charge is -1.84. The van der Waals surface area contributed by atoms with Crippen molar-refractivity contribution >= 4 is 5.82 Å². The molecule has 0 spiro atoms. The molecule has 0 radical (unpaired) electrons. The topological polar surface area (TPSA) is 40.2 Å². The van der Waals surface area contributed by atoms with Gasteiger partial charge >= 0.3 is 1.41 Å². The van der Waals surface area contributed by atoms with Crippen molar-refractivity contribution in [1.82, 2.24) is 0 Å². The standard InChI is InChI=1S/C6H8N2/c1-5-2-3-6(7)8-4-5/h2-4H,1H3,(H2,7,8)/p+1/i/hD. The maximum absolute atomic E-state index is 7.15. The summed E-state index contributed by atoms with van der Waals surface area (Å²) in [6, 6.07) is 3.59. The van der Waals surface area contributed by atoms with Gasteiger partial charge in [-0.3, -0.25) is 5.73 Å². The molecule has 0 saturated heterocycles. The van der Waals surface area contributed by atoms with Gasteiger partial charge in [0.25, 0.3) is 5.82 Å². The van der Waals surface area contributed by atoms with Crippen LogP contribution in [0, 0.1) is 6.92 Å². The first-order chi connectivity index (χ1) is 4.20. The SMILES string of the molecule is [2H][n+]1cc(C)ccc1N. The second kappa shape index (κ2) is 1.82. The molecule has 1 aromatic heterocycles. The Morgan fingerprint density at radius 1 is 1.75 bits per heavy atom. The monoisotopic (exact) mass is 110 g/mol. The number of nitrogens with one attached hydrogen (secondary N) is 1. The molecular formula is C6H9N2+. The van der Waals surface area contributed by atoms with Crippen molar-refractivity contribution in [2.24, 2.45) is 0 Å². The molecule has 0 atom stereocenters. The van der Waals surface area contributed by atoms with E-state index in [1.165, 1.54) is 0 Å². The fraction of sp³-hybridized carbons (Fsp3) is 0.167. The number of rotatable bonds is 0. The number of hydrogen-bond acceptors (Lipinski definition) is 1. The third kappa shape index (κ3) is 0.964. The van der Waals surface area contributed by atoms with E-state index in [2.05, 4.69) is 0 Å². The van der Waals surface area contributed by atoms with Crippen molar-refractivity contribution in [1.29, 1.82) is 0 Å². The van der Waals surface area contributed by atoms with Gasteiger partial charge in [0.05, 0.1) is 6.20 Å². The highest BCUT2D eigenvalue weighted by Gasteiger charge is 1.87. The van der Waals surface area contributed by atoms with Crippen molar-refractivity contribution in [3.63, 3.8) is 0 Å². The van der Waals surface area contributed by atoms with E-state index in [9.17, 15) is 0 Å². The van der Waals surface area contributed by atoms with Gasteiger partial charge in [-0.25, -0.2) is 4.98 Å². The largest absolute Gasteiger partial charge is 0.311 e. The van der Waals surface area contributed by atoms with Crippen LogP contribution in [0.25, 0.3) is 0 Å². The number of nitrogens with two attached hydrogens (primary N) is 1. The molecular weight excluding hydrogens is 100 g/mol. The number of nitrogen functional groups attached to an aromatic ring is 1. The summed E-state index contributed by atoms with van der Waals surface area (Å²) in [6.07, 6.45) is 1.66. The summed E-state index contributed by atoms with van der Waals surface area (Å²) in [5, 5.41) is 0. The van der Waals surface area contributed by atoms with E-state index >= 15 is 0 Å². The lowest BCUT2D eigenvalue weighted by atomic mass is 10.3. The number of aryl methyl sites for hydroxylation is 1. The molecule has 1 aromatic rings. The van der Waals surface area contributed by atoms with Gasteiger partial charge in [-0.05, 0) is 18.6 Å². The summed E-state index contributed by atoms with van der Waals surface area (Å²) in [4.78, 5) is 1.15. The highest BCUT2D eigenvalue weighted by Crippen LogP contribution is 1.92. The number of aromatic nitrogens is 1. The second-order valence-electron chi connectivity index (χ2n) is 1.76. The van der Waals surface area contributed by atoms with Gasteiger partial charge in [-0.1, -0.05) is 0 Å². The van der Waals surface area contributed by atoms with Crippen LogP contribution in [0.2, 0.25) is 1.41 Å². The van der Waals surface area contributed by atoms with Gasteiger partial charge in [-0.15, -0.1) is 0 Å². The predicted molar refractivity (Wildman–Crippen MR) is 32.1 cm³/mol. The summed E-state index contributed by atoms with van der Waals surface area (Å²) in [5.74, 6) is 0.459. The molecule has 1 heterocycles. The van der Waals surface area contributed by atoms with Crippen LogP contribution in [-0.4, -0.2) is 0 Å². The maximum atomic E-state index is 7.15. The smallest absolute Gasteiger partial charge is 0.287 e. The molecule has 0 saturated carbocycles. The van der Waals surface area contributed by atoms with Crippen LogP contribution in [0.3, 0.4) is 0 Å². The molecule has 2 heteroatoms. The number of H-pyrrole nitrogens is 1. The van der Waals surface area contributed by atoms with E-state index in [0.717, 1.165) is 10.5 Å². The molecule has 0 fully saturated rings. The Labute approximate surface area is 49.8 Å². The number of hydrogen-bond donors (Lipinski definition) is 1. The van der Waals surface area contributed by atoms with Crippen molar-refractivity contribution in [3.05, 3.63) is 23.9 Å². The van der Waals surface area contributed by atoms with Crippen LogP contribution < -0.4 is 10.7 Å². The minimum absolute atomic E-state index is 0.459. The average molecular weight is 110 g/mol. The minimum atomic E-state index is 0.459. The van der Waals surface area contributed by atoms with Crippen LogP contribution in [-0.2, 0) is 0 Å². The lowest BCUT2D eigenvalue weighted by Crippen LogP contribution is -2.08. The Bertz CT molecular complexity index is 222. The molecule has 0 aliphatic heterocycles. The molecule has 0 amide bonds. The maximum Gasteiger partial charge on any atom is 0.311 e. The van der Waals surface area contributed by atoms with Crippen LogP contribution in [0.1, 0.15) is 5.56 Å². The summed E-state index contributed by atoms with van der Waals surface area (Å²) in [6.45, 7) is 1.92. The van der Waals surface area contributed by atoms with Crippen molar-refractivity contribution < 1.29 is 6.39 Å². The van der Waals surface area contributed by atoms with Crippen LogP contribution >= 0.6 is 0 Å². The van der Waals surface area contributed by atoms with E-state index in [0.29, 0.717) is 5.82 Å². The lowest BCUT2D eigenvalue weighted by molar-refractivity contribution is -0.360. The number of aromatic amines is 1. The first kappa shape index (κ1) is 3.89. The average Bonchev–Trinajstić information content (AvgIpc) is 1.80. The molecule has 0 aliphatic rings. The van der Waals surface area contributed by atoms with Crippen molar-refractivity contribution in [2.45, 2.75) is 6.92 Å². The third-order valence-corrected chi connectivity index (χ3v) is 0.934. The Hall–Kier alpha value is -1.05. The van der Waals surface area contributed by atoms with Gasteiger partial charge in [0.1, 0.15) is 0 Å². The quantitative estimate of drug-likeness (QED) is 0.515. The van der Waals surface area contributed by atoms with E-state index in [1.54, 1.807) is 12.3 Å². The molecule has 3 N–H and O–H groups in total. The minimum Gasteiger partial charge on any atom is -0.287 e. The fourth-order valence-electron chi connectivity index (χ4n) is 0.479. The molecule has 8 heavy (non-hydrogen) atoms. The normalized spacial score (nSPS) is 10.9. The zero-order valence-electron chi connectivity index (χ0n) is 5.76. The van der Waals surface area contributed by atoms with Gasteiger partial charge < -0.3 is 0 Å². The Kier molecular flexibility index (Phi) is 0.886. The van der Waals surface area contributed by atoms with Gasteiger partial charge in [0, 0.05) is 6.07 Å². The van der Waals surface area contributed by atoms with Crippen molar-refractivity contribution in [3.8, 4) is 0 Å². The van der Waals surface area contributed by atoms with E-state index in [1.807, 2.05) is 13.0 Å². The zero-order chi connectivity index (χ0) is 6.85. The molecule has 2 nitrogen and oxygen atoms in total. The molecule has 0 aromatic carbocycles. The third-order valence-electron chi connectivity index (χ3n) is 0.934. The molecule has 0 bridgehead atoms. The first-order valence-corrected chi connectivity index (χ1v) is 2.47. The van der Waals surface area contributed by atoms with Crippen LogP contribution in [0.5, 0.6) is 0 Å². The highest BCUT2D eigenvalue weighted by molar-refractivity contribution is 5.21. The van der Waals surface area contributed by atoms with E-state index in [-0.39, 0.29) is 0 Å². The summed E-state index contributed by atoms with van der Waals surface area (Å²) >= 11 is 0. The fourth-order valence-corrected chi connectivity index (χ4v) is 0.479. The summed E-state index contributed by atoms with van der Waals surface area (Å²) in [5.41, 5.74) is 6.41. The van der Waals surface area contributed by atoms with Gasteiger partial charge in [0.15, 0.2) is 0 Å². The number of anilines is 1. The molecule has 42 valence electrons. The van der Waals surface area contributed by atoms with E-state index in [4.69, 9.17) is 7.15 Å². The van der Waals surface area contributed by atoms with Gasteiger partial charge in [-0.2, -0.15) is 0 Å². The summed E-state index contributed by atoms with van der Waals surface area (Å²) in [7, 11) is 0. The second-order valence-corrected chi connectivity index (χ2v) is 1.76. The molecule has 0 aliphatic carbocycles. The zero-order valence-corrected chi connectivity index (χ0v) is 4.76. The van der Waals surface area contributed by atoms with Crippen LogP contribution in [0.4, 0.5) is 5.82 Å². The Balaban J connectivity index is 3.17.